The number of H-pyrrole nitrogens is 1. The lowest BCUT2D eigenvalue weighted by atomic mass is 10.1. The van der Waals surface area contributed by atoms with Gasteiger partial charge >= 0.3 is 0 Å². The first kappa shape index (κ1) is 17.6. The summed E-state index contributed by atoms with van der Waals surface area (Å²) >= 11 is 12.4. The average Bonchev–Trinajstić information content (AvgIpc) is 3.05. The Morgan fingerprint density at radius 3 is 2.56 bits per heavy atom. The molecular weight excluding hydrogens is 392 g/mol. The van der Waals surface area contributed by atoms with Gasteiger partial charge in [-0.15, -0.1) is 0 Å². The fraction of sp³-hybridized carbons (Fsp3) is 0.111. The SMILES string of the molecule is C[C@@H](Oc1ccc2[nH]nc(-c3ccc(F)nc3)c2n1)c1c(Cl)cncc1Cl. The predicted molar refractivity (Wildman–Crippen MR) is 100 cm³/mol. The highest BCUT2D eigenvalue weighted by atomic mass is 35.5. The molecule has 0 saturated carbocycles. The Balaban J connectivity index is 1.69. The monoisotopic (exact) mass is 403 g/mol. The summed E-state index contributed by atoms with van der Waals surface area (Å²) in [5.74, 6) is -0.188. The van der Waals surface area contributed by atoms with Crippen molar-refractivity contribution in [1.82, 2.24) is 25.1 Å². The summed E-state index contributed by atoms with van der Waals surface area (Å²) in [6, 6.07) is 6.37. The number of hydrogen-bond donors (Lipinski definition) is 1. The lowest BCUT2D eigenvalue weighted by Crippen LogP contribution is -2.06. The second kappa shape index (κ2) is 7.09. The number of fused-ring (bicyclic) bond motifs is 1. The smallest absolute Gasteiger partial charge is 0.214 e. The van der Waals surface area contributed by atoms with Crippen LogP contribution in [0, 0.1) is 5.95 Å². The molecule has 0 amide bonds. The molecule has 0 saturated heterocycles. The summed E-state index contributed by atoms with van der Waals surface area (Å²) in [5, 5.41) is 7.97. The van der Waals surface area contributed by atoms with Gasteiger partial charge in [0.15, 0.2) is 0 Å². The van der Waals surface area contributed by atoms with E-state index in [9.17, 15) is 4.39 Å². The van der Waals surface area contributed by atoms with Gasteiger partial charge in [0, 0.05) is 35.8 Å². The van der Waals surface area contributed by atoms with Crippen LogP contribution in [0.25, 0.3) is 22.3 Å². The first-order valence-corrected chi connectivity index (χ1v) is 8.71. The van der Waals surface area contributed by atoms with Crippen LogP contribution in [0.1, 0.15) is 18.6 Å². The maximum absolute atomic E-state index is 13.1. The third-order valence-corrected chi connectivity index (χ3v) is 4.58. The summed E-state index contributed by atoms with van der Waals surface area (Å²) in [5.41, 5.74) is 3.12. The number of aromatic amines is 1. The standard InChI is InChI=1S/C18H12Cl2FN5O/c1-9(16-11(19)7-22-8-12(16)20)27-15-5-3-13-18(24-15)17(26-25-13)10-2-4-14(21)23-6-10/h2-9H,1H3,(H,25,26)/t9-/m1/s1. The quantitative estimate of drug-likeness (QED) is 0.485. The fourth-order valence-corrected chi connectivity index (χ4v) is 3.39. The molecule has 0 bridgehead atoms. The van der Waals surface area contributed by atoms with Crippen LogP contribution < -0.4 is 4.74 Å². The van der Waals surface area contributed by atoms with Gasteiger partial charge in [-0.2, -0.15) is 9.49 Å². The number of nitrogens with one attached hydrogen (secondary N) is 1. The number of rotatable bonds is 4. The third kappa shape index (κ3) is 3.43. The molecule has 0 radical (unpaired) electrons. The van der Waals surface area contributed by atoms with Crippen LogP contribution >= 0.6 is 23.2 Å². The zero-order valence-electron chi connectivity index (χ0n) is 13.9. The van der Waals surface area contributed by atoms with E-state index in [2.05, 4.69) is 25.1 Å². The maximum Gasteiger partial charge on any atom is 0.214 e. The van der Waals surface area contributed by atoms with Crippen molar-refractivity contribution in [1.29, 1.82) is 0 Å². The van der Waals surface area contributed by atoms with E-state index < -0.39 is 12.1 Å². The molecule has 4 rings (SSSR count). The summed E-state index contributed by atoms with van der Waals surface area (Å²) in [6.07, 6.45) is 3.98. The molecule has 0 fully saturated rings. The maximum atomic E-state index is 13.1. The van der Waals surface area contributed by atoms with Crippen LogP contribution in [0.5, 0.6) is 5.88 Å². The molecule has 0 aromatic carbocycles. The molecular formula is C18H12Cl2FN5O. The van der Waals surface area contributed by atoms with Crippen LogP contribution in [0.2, 0.25) is 10.0 Å². The van der Waals surface area contributed by atoms with E-state index in [-0.39, 0.29) is 0 Å². The van der Waals surface area contributed by atoms with Gasteiger partial charge in [0.25, 0.3) is 0 Å². The summed E-state index contributed by atoms with van der Waals surface area (Å²) in [7, 11) is 0. The van der Waals surface area contributed by atoms with Crippen molar-refractivity contribution in [2.75, 3.05) is 0 Å². The molecule has 0 aliphatic heterocycles. The molecule has 4 aromatic heterocycles. The third-order valence-electron chi connectivity index (χ3n) is 3.98. The van der Waals surface area contributed by atoms with Gasteiger partial charge in [0.1, 0.15) is 17.3 Å². The van der Waals surface area contributed by atoms with E-state index in [1.54, 1.807) is 18.2 Å². The lowest BCUT2D eigenvalue weighted by Gasteiger charge is -2.16. The molecule has 1 N–H and O–H groups in total. The van der Waals surface area contributed by atoms with E-state index in [0.29, 0.717) is 43.8 Å². The second-order valence-electron chi connectivity index (χ2n) is 5.76. The van der Waals surface area contributed by atoms with Crippen LogP contribution in [0.3, 0.4) is 0 Å². The van der Waals surface area contributed by atoms with Crippen molar-refractivity contribution in [2.24, 2.45) is 0 Å². The van der Waals surface area contributed by atoms with E-state index in [4.69, 9.17) is 27.9 Å². The molecule has 4 aromatic rings. The van der Waals surface area contributed by atoms with Crippen molar-refractivity contribution in [2.45, 2.75) is 13.0 Å². The molecule has 136 valence electrons. The van der Waals surface area contributed by atoms with Crippen LogP contribution in [0.4, 0.5) is 4.39 Å². The minimum Gasteiger partial charge on any atom is -0.470 e. The van der Waals surface area contributed by atoms with Gasteiger partial charge in [-0.25, -0.2) is 9.97 Å². The number of aromatic nitrogens is 5. The Hall–Kier alpha value is -2.77. The van der Waals surface area contributed by atoms with Crippen molar-refractivity contribution in [3.63, 3.8) is 0 Å². The Morgan fingerprint density at radius 1 is 1.07 bits per heavy atom. The van der Waals surface area contributed by atoms with Crippen molar-refractivity contribution >= 4 is 34.2 Å². The Labute approximate surface area is 163 Å². The van der Waals surface area contributed by atoms with E-state index >= 15 is 0 Å². The molecule has 0 aliphatic carbocycles. The van der Waals surface area contributed by atoms with Gasteiger partial charge in [-0.3, -0.25) is 10.1 Å². The molecule has 0 spiro atoms. The number of halogens is 3. The zero-order chi connectivity index (χ0) is 19.0. The largest absolute Gasteiger partial charge is 0.470 e. The van der Waals surface area contributed by atoms with Crippen molar-refractivity contribution in [3.05, 3.63) is 64.4 Å². The lowest BCUT2D eigenvalue weighted by molar-refractivity contribution is 0.218. The Morgan fingerprint density at radius 2 is 1.85 bits per heavy atom. The summed E-state index contributed by atoms with van der Waals surface area (Å²) < 4.78 is 19.0. The molecule has 6 nitrogen and oxygen atoms in total. The van der Waals surface area contributed by atoms with Gasteiger partial charge in [-0.1, -0.05) is 23.2 Å². The van der Waals surface area contributed by atoms with Gasteiger partial charge < -0.3 is 4.74 Å². The molecule has 9 heteroatoms. The molecule has 1 atom stereocenters. The van der Waals surface area contributed by atoms with Crippen molar-refractivity contribution < 1.29 is 9.13 Å². The molecule has 4 heterocycles. The normalized spacial score (nSPS) is 12.3. The second-order valence-corrected chi connectivity index (χ2v) is 6.58. The molecule has 0 aliphatic rings. The topological polar surface area (TPSA) is 76.6 Å². The van der Waals surface area contributed by atoms with E-state index in [1.807, 2.05) is 6.92 Å². The average molecular weight is 404 g/mol. The highest BCUT2D eigenvalue weighted by Crippen LogP contribution is 2.33. The zero-order valence-corrected chi connectivity index (χ0v) is 15.5. The van der Waals surface area contributed by atoms with Crippen LogP contribution in [-0.4, -0.2) is 25.1 Å². The van der Waals surface area contributed by atoms with Crippen molar-refractivity contribution in [3.8, 4) is 17.1 Å². The van der Waals surface area contributed by atoms with Gasteiger partial charge in [0.05, 0.1) is 15.6 Å². The first-order chi connectivity index (χ1) is 13.0. The predicted octanol–water partition coefficient (Wildman–Crippen LogP) is 5.00. The van der Waals surface area contributed by atoms with Gasteiger partial charge in [-0.05, 0) is 25.1 Å². The molecule has 27 heavy (non-hydrogen) atoms. The minimum absolute atomic E-state index is 0.372. The Bertz CT molecular complexity index is 1100. The number of pyridine rings is 3. The van der Waals surface area contributed by atoms with E-state index in [0.717, 1.165) is 0 Å². The minimum atomic E-state index is -0.560. The van der Waals surface area contributed by atoms with Gasteiger partial charge in [0.2, 0.25) is 11.8 Å². The summed E-state index contributed by atoms with van der Waals surface area (Å²) in [6.45, 7) is 1.82. The first-order valence-electron chi connectivity index (χ1n) is 7.95. The molecule has 0 unspecified atom stereocenters. The number of ether oxygens (including phenoxy) is 1. The number of hydrogen-bond acceptors (Lipinski definition) is 5. The Kier molecular flexibility index (Phi) is 4.63. The van der Waals surface area contributed by atoms with Crippen LogP contribution in [-0.2, 0) is 0 Å². The highest BCUT2D eigenvalue weighted by Gasteiger charge is 2.18. The van der Waals surface area contributed by atoms with E-state index in [1.165, 1.54) is 24.7 Å². The van der Waals surface area contributed by atoms with Crippen LogP contribution in [0.15, 0.2) is 42.9 Å². The summed E-state index contributed by atoms with van der Waals surface area (Å²) in [4.78, 5) is 12.1. The fourth-order valence-electron chi connectivity index (χ4n) is 2.71. The highest BCUT2D eigenvalue weighted by molar-refractivity contribution is 6.35. The number of nitrogens with zero attached hydrogens (tertiary/aromatic N) is 4.